The molecular formula is C38H44ClN3O8S. The summed E-state index contributed by atoms with van der Waals surface area (Å²) in [6, 6.07) is 23.9. The molecule has 0 aromatic heterocycles. The van der Waals surface area contributed by atoms with Crippen LogP contribution in [0, 0.1) is 0 Å². The van der Waals surface area contributed by atoms with Crippen molar-refractivity contribution in [1.29, 1.82) is 0 Å². The Morgan fingerprint density at radius 1 is 0.784 bits per heavy atom. The Balaban J connectivity index is 1.90. The van der Waals surface area contributed by atoms with Gasteiger partial charge in [-0.15, -0.1) is 0 Å². The first-order valence-electron chi connectivity index (χ1n) is 16.3. The third-order valence-corrected chi connectivity index (χ3v) is 10.4. The topological polar surface area (TPSA) is 124 Å². The zero-order valence-electron chi connectivity index (χ0n) is 29.6. The van der Waals surface area contributed by atoms with Gasteiger partial charge in [0.2, 0.25) is 11.8 Å². The molecule has 0 aliphatic rings. The molecule has 0 saturated carbocycles. The van der Waals surface area contributed by atoms with E-state index < -0.39 is 28.5 Å². The van der Waals surface area contributed by atoms with E-state index in [0.29, 0.717) is 28.5 Å². The summed E-state index contributed by atoms with van der Waals surface area (Å²) in [6.45, 7) is 3.12. The molecule has 2 atom stereocenters. The van der Waals surface area contributed by atoms with Crippen LogP contribution < -0.4 is 28.6 Å². The molecule has 0 aliphatic heterocycles. The predicted octanol–water partition coefficient (Wildman–Crippen LogP) is 6.12. The number of nitrogens with one attached hydrogen (secondary N) is 1. The van der Waals surface area contributed by atoms with E-state index in [1.807, 2.05) is 44.2 Å². The summed E-state index contributed by atoms with van der Waals surface area (Å²) in [6.07, 6.45) is 0.843. The third-order valence-electron chi connectivity index (χ3n) is 8.41. The first-order chi connectivity index (χ1) is 24.4. The van der Waals surface area contributed by atoms with Crippen LogP contribution in [-0.2, 0) is 32.6 Å². The Morgan fingerprint density at radius 3 is 2.04 bits per heavy atom. The first-order valence-corrected chi connectivity index (χ1v) is 18.1. The number of anilines is 1. The van der Waals surface area contributed by atoms with Gasteiger partial charge in [0.25, 0.3) is 10.0 Å². The van der Waals surface area contributed by atoms with Crippen molar-refractivity contribution in [3.05, 3.63) is 107 Å². The number of hydrogen-bond acceptors (Lipinski definition) is 8. The summed E-state index contributed by atoms with van der Waals surface area (Å²) in [5.41, 5.74) is 1.56. The molecule has 1 N–H and O–H groups in total. The molecule has 0 heterocycles. The van der Waals surface area contributed by atoms with Gasteiger partial charge < -0.3 is 29.2 Å². The maximum Gasteiger partial charge on any atom is 0.265 e. The average molecular weight is 738 g/mol. The van der Waals surface area contributed by atoms with Crippen molar-refractivity contribution >= 4 is 39.1 Å². The van der Waals surface area contributed by atoms with Gasteiger partial charge in [-0.05, 0) is 60.9 Å². The summed E-state index contributed by atoms with van der Waals surface area (Å²) in [7, 11) is 1.17. The van der Waals surface area contributed by atoms with Crippen molar-refractivity contribution in [1.82, 2.24) is 10.2 Å². The molecule has 272 valence electrons. The second kappa shape index (κ2) is 17.8. The summed E-state index contributed by atoms with van der Waals surface area (Å²) in [5.74, 6) is -0.00600. The number of amides is 2. The summed E-state index contributed by atoms with van der Waals surface area (Å²) < 4.78 is 52.1. The van der Waals surface area contributed by atoms with Crippen LogP contribution in [0.25, 0.3) is 0 Å². The molecule has 0 unspecified atom stereocenters. The van der Waals surface area contributed by atoms with Crippen LogP contribution in [0.15, 0.2) is 95.9 Å². The van der Waals surface area contributed by atoms with E-state index in [-0.39, 0.29) is 47.0 Å². The molecule has 0 spiro atoms. The Hall–Kier alpha value is -4.94. The molecule has 51 heavy (non-hydrogen) atoms. The molecule has 2 amide bonds. The number of benzene rings is 4. The van der Waals surface area contributed by atoms with E-state index in [1.165, 1.54) is 57.6 Å². The van der Waals surface area contributed by atoms with Gasteiger partial charge in [-0.3, -0.25) is 13.9 Å². The minimum Gasteiger partial charge on any atom is -0.497 e. The Bertz CT molecular complexity index is 1890. The number of carbonyl (C=O) groups excluding carboxylic acids is 2. The minimum atomic E-state index is -4.51. The smallest absolute Gasteiger partial charge is 0.265 e. The van der Waals surface area contributed by atoms with Crippen LogP contribution in [0.4, 0.5) is 5.69 Å². The van der Waals surface area contributed by atoms with Gasteiger partial charge in [0.05, 0.1) is 39.0 Å². The van der Waals surface area contributed by atoms with Crippen LogP contribution in [0.1, 0.15) is 31.4 Å². The van der Waals surface area contributed by atoms with Crippen LogP contribution in [-0.4, -0.2) is 72.2 Å². The average Bonchev–Trinajstić information content (AvgIpc) is 3.15. The van der Waals surface area contributed by atoms with Gasteiger partial charge in [0.15, 0.2) is 11.5 Å². The van der Waals surface area contributed by atoms with E-state index >= 15 is 0 Å². The summed E-state index contributed by atoms with van der Waals surface area (Å²) >= 11 is 6.19. The summed E-state index contributed by atoms with van der Waals surface area (Å²) in [5, 5.41) is 3.53. The molecule has 0 radical (unpaired) electrons. The van der Waals surface area contributed by atoms with Gasteiger partial charge in [-0.25, -0.2) is 8.42 Å². The van der Waals surface area contributed by atoms with Gasteiger partial charge in [0, 0.05) is 36.2 Å². The number of ether oxygens (including phenoxy) is 4. The highest BCUT2D eigenvalue weighted by Crippen LogP contribution is 2.38. The Morgan fingerprint density at radius 2 is 1.43 bits per heavy atom. The Labute approximate surface area is 305 Å². The predicted molar refractivity (Wildman–Crippen MR) is 197 cm³/mol. The summed E-state index contributed by atoms with van der Waals surface area (Å²) in [4.78, 5) is 30.2. The van der Waals surface area contributed by atoms with Crippen molar-refractivity contribution in [3.63, 3.8) is 0 Å². The highest BCUT2D eigenvalue weighted by molar-refractivity contribution is 7.92. The lowest BCUT2D eigenvalue weighted by atomic mass is 10.0. The maximum atomic E-state index is 14.8. The molecule has 0 fully saturated rings. The number of nitrogens with zero attached hydrogens (tertiary/aromatic N) is 2. The van der Waals surface area contributed by atoms with E-state index in [2.05, 4.69) is 5.32 Å². The SMILES string of the molecule is CC[C@H](C)NC(=O)[C@H](Cc1ccccc1)N(Cc1ccc(Cl)cc1)C(=O)CN(c1cc(OC)ccc1OC)S(=O)(=O)c1ccc(OC)c(OC)c1. The van der Waals surface area contributed by atoms with Crippen molar-refractivity contribution in [2.75, 3.05) is 39.3 Å². The standard InChI is InChI=1S/C38H44ClN3O8S/c1-7-26(2)40-38(44)33(21-27-11-9-8-10-12-27)41(24-28-13-15-29(39)16-14-28)37(43)25-42(32-22-30(47-3)17-19-34(32)48-4)51(45,46)31-18-20-35(49-5)36(23-31)50-6/h8-20,22-23,26,33H,7,21,24-25H2,1-6H3,(H,40,44)/t26-,33-/m0/s1. The molecule has 4 aromatic carbocycles. The molecule has 0 aliphatic carbocycles. The Kier molecular flexibility index (Phi) is 13.6. The van der Waals surface area contributed by atoms with Gasteiger partial charge in [0.1, 0.15) is 24.1 Å². The van der Waals surface area contributed by atoms with Crippen molar-refractivity contribution in [3.8, 4) is 23.0 Å². The molecule has 13 heteroatoms. The molecule has 0 bridgehead atoms. The van der Waals surface area contributed by atoms with Crippen LogP contribution in [0.5, 0.6) is 23.0 Å². The van der Waals surface area contributed by atoms with Crippen molar-refractivity contribution < 1.29 is 37.0 Å². The van der Waals surface area contributed by atoms with E-state index in [9.17, 15) is 18.0 Å². The molecule has 4 aromatic rings. The number of methoxy groups -OCH3 is 4. The van der Waals surface area contributed by atoms with Crippen molar-refractivity contribution in [2.45, 2.75) is 50.2 Å². The number of hydrogen-bond donors (Lipinski definition) is 1. The number of carbonyl (C=O) groups is 2. The molecular weight excluding hydrogens is 694 g/mol. The fraction of sp³-hybridized carbons (Fsp3) is 0.316. The van der Waals surface area contributed by atoms with Crippen molar-refractivity contribution in [2.24, 2.45) is 0 Å². The molecule has 11 nitrogen and oxygen atoms in total. The number of sulfonamides is 1. The second-order valence-electron chi connectivity index (χ2n) is 11.7. The highest BCUT2D eigenvalue weighted by atomic mass is 35.5. The molecule has 0 saturated heterocycles. The first kappa shape index (κ1) is 38.9. The molecule has 4 rings (SSSR count). The quantitative estimate of drug-likeness (QED) is 0.138. The second-order valence-corrected chi connectivity index (χ2v) is 14.0. The normalized spacial score (nSPS) is 12.3. The van der Waals surface area contributed by atoms with E-state index in [1.54, 1.807) is 36.4 Å². The van der Waals surface area contributed by atoms with Crippen LogP contribution in [0.2, 0.25) is 5.02 Å². The lowest BCUT2D eigenvalue weighted by molar-refractivity contribution is -0.140. The minimum absolute atomic E-state index is 0.0130. The number of rotatable bonds is 17. The zero-order valence-corrected chi connectivity index (χ0v) is 31.2. The number of halogens is 1. The van der Waals surface area contributed by atoms with Crippen LogP contribution >= 0.6 is 11.6 Å². The fourth-order valence-electron chi connectivity index (χ4n) is 5.39. The highest BCUT2D eigenvalue weighted by Gasteiger charge is 2.36. The van der Waals surface area contributed by atoms with E-state index in [4.69, 9.17) is 30.5 Å². The fourth-order valence-corrected chi connectivity index (χ4v) is 6.95. The van der Waals surface area contributed by atoms with Gasteiger partial charge >= 0.3 is 0 Å². The third kappa shape index (κ3) is 9.65. The van der Waals surface area contributed by atoms with E-state index in [0.717, 1.165) is 9.87 Å². The largest absolute Gasteiger partial charge is 0.497 e. The zero-order chi connectivity index (χ0) is 37.1. The van der Waals surface area contributed by atoms with Crippen LogP contribution in [0.3, 0.4) is 0 Å². The van der Waals surface area contributed by atoms with Gasteiger partial charge in [-0.2, -0.15) is 0 Å². The lowest BCUT2D eigenvalue weighted by Gasteiger charge is -2.34. The monoisotopic (exact) mass is 737 g/mol. The lowest BCUT2D eigenvalue weighted by Crippen LogP contribution is -2.54. The van der Waals surface area contributed by atoms with Gasteiger partial charge in [-0.1, -0.05) is 61.0 Å². The maximum absolute atomic E-state index is 14.8.